The summed E-state index contributed by atoms with van der Waals surface area (Å²) in [7, 11) is 0. The van der Waals surface area contributed by atoms with E-state index < -0.39 is 0 Å². The summed E-state index contributed by atoms with van der Waals surface area (Å²) in [6.45, 7) is 8.24. The van der Waals surface area contributed by atoms with Gasteiger partial charge in [0.1, 0.15) is 0 Å². The van der Waals surface area contributed by atoms with Crippen LogP contribution in [0.25, 0.3) is 4.96 Å². The van der Waals surface area contributed by atoms with Crippen molar-refractivity contribution in [3.63, 3.8) is 0 Å². The van der Waals surface area contributed by atoms with Gasteiger partial charge in [-0.05, 0) is 37.1 Å². The zero-order valence-electron chi connectivity index (χ0n) is 13.4. The smallest absolute Gasteiger partial charge is 0.193 e. The predicted octanol–water partition coefficient (Wildman–Crippen LogP) is 4.13. The molecule has 2 unspecified atom stereocenters. The minimum atomic E-state index is 0.461. The summed E-state index contributed by atoms with van der Waals surface area (Å²) in [6.07, 6.45) is 10.7. The van der Waals surface area contributed by atoms with Crippen molar-refractivity contribution in [1.82, 2.24) is 14.7 Å². The summed E-state index contributed by atoms with van der Waals surface area (Å²) in [5.74, 6) is 0.767. The number of hydrogen-bond acceptors (Lipinski definition) is 3. The van der Waals surface area contributed by atoms with Crippen LogP contribution < -0.4 is 5.32 Å². The molecule has 3 rings (SSSR count). The van der Waals surface area contributed by atoms with Crippen molar-refractivity contribution in [2.75, 3.05) is 6.54 Å². The maximum atomic E-state index is 4.78. The van der Waals surface area contributed by atoms with Crippen molar-refractivity contribution in [3.05, 3.63) is 23.5 Å². The average Bonchev–Trinajstić information content (AvgIpc) is 3.08. The van der Waals surface area contributed by atoms with Gasteiger partial charge in [-0.3, -0.25) is 4.40 Å². The minimum absolute atomic E-state index is 0.461. The van der Waals surface area contributed by atoms with Crippen molar-refractivity contribution < 1.29 is 0 Å². The Kier molecular flexibility index (Phi) is 4.36. The molecule has 0 radical (unpaired) electrons. The van der Waals surface area contributed by atoms with E-state index in [1.165, 1.54) is 31.4 Å². The quantitative estimate of drug-likeness (QED) is 0.869. The molecular formula is C17H27N3S. The van der Waals surface area contributed by atoms with Gasteiger partial charge in [0.2, 0.25) is 0 Å². The summed E-state index contributed by atoms with van der Waals surface area (Å²) >= 11 is 1.72. The van der Waals surface area contributed by atoms with E-state index in [0.717, 1.165) is 23.8 Å². The van der Waals surface area contributed by atoms with Crippen LogP contribution in [0.4, 0.5) is 0 Å². The molecule has 2 atom stereocenters. The second-order valence-electron chi connectivity index (χ2n) is 7.08. The van der Waals surface area contributed by atoms with E-state index in [9.17, 15) is 0 Å². The molecule has 1 fully saturated rings. The molecule has 1 aliphatic carbocycles. The lowest BCUT2D eigenvalue weighted by Crippen LogP contribution is -2.42. The third-order valence-electron chi connectivity index (χ3n) is 5.05. The van der Waals surface area contributed by atoms with Gasteiger partial charge in [-0.15, -0.1) is 11.3 Å². The predicted molar refractivity (Wildman–Crippen MR) is 90.0 cm³/mol. The molecule has 21 heavy (non-hydrogen) atoms. The molecule has 0 saturated heterocycles. The van der Waals surface area contributed by atoms with Crippen LogP contribution in [0.1, 0.15) is 52.1 Å². The Hall–Kier alpha value is -0.870. The van der Waals surface area contributed by atoms with E-state index in [2.05, 4.69) is 48.3 Å². The Bertz CT molecular complexity index is 555. The minimum Gasteiger partial charge on any atom is -0.313 e. The van der Waals surface area contributed by atoms with Crippen LogP contribution in [-0.2, 0) is 6.42 Å². The number of thiazole rings is 1. The van der Waals surface area contributed by atoms with Crippen LogP contribution in [0, 0.1) is 11.3 Å². The normalized spacial score (nSPS) is 22.9. The number of rotatable bonds is 6. The van der Waals surface area contributed by atoms with E-state index in [1.54, 1.807) is 11.3 Å². The lowest BCUT2D eigenvalue weighted by atomic mass is 9.76. The largest absolute Gasteiger partial charge is 0.313 e. The number of aromatic nitrogens is 2. The highest BCUT2D eigenvalue weighted by molar-refractivity contribution is 7.15. The van der Waals surface area contributed by atoms with Crippen molar-refractivity contribution in [2.24, 2.45) is 11.3 Å². The average molecular weight is 305 g/mol. The molecule has 1 saturated carbocycles. The first-order valence-electron chi connectivity index (χ1n) is 8.24. The topological polar surface area (TPSA) is 29.3 Å². The van der Waals surface area contributed by atoms with Crippen molar-refractivity contribution >= 4 is 16.3 Å². The van der Waals surface area contributed by atoms with E-state index in [4.69, 9.17) is 4.98 Å². The van der Waals surface area contributed by atoms with Crippen LogP contribution in [0.3, 0.4) is 0 Å². The van der Waals surface area contributed by atoms with Gasteiger partial charge in [0.25, 0.3) is 0 Å². The molecule has 1 aliphatic rings. The Balaban J connectivity index is 1.77. The van der Waals surface area contributed by atoms with E-state index in [0.29, 0.717) is 11.5 Å². The summed E-state index contributed by atoms with van der Waals surface area (Å²) in [4.78, 5) is 5.90. The Morgan fingerprint density at radius 3 is 3.05 bits per heavy atom. The summed E-state index contributed by atoms with van der Waals surface area (Å²) in [6, 6.07) is 0.562. The molecule has 1 N–H and O–H groups in total. The van der Waals surface area contributed by atoms with Gasteiger partial charge < -0.3 is 5.32 Å². The van der Waals surface area contributed by atoms with Gasteiger partial charge in [0.05, 0.1) is 5.69 Å². The van der Waals surface area contributed by atoms with Crippen molar-refractivity contribution in [1.29, 1.82) is 0 Å². The lowest BCUT2D eigenvalue weighted by Gasteiger charge is -2.34. The van der Waals surface area contributed by atoms with Crippen molar-refractivity contribution in [2.45, 2.75) is 58.9 Å². The van der Waals surface area contributed by atoms with Crippen LogP contribution in [0.2, 0.25) is 0 Å². The third-order valence-corrected chi connectivity index (χ3v) is 5.83. The van der Waals surface area contributed by atoms with Gasteiger partial charge in [0.15, 0.2) is 4.96 Å². The van der Waals surface area contributed by atoms with Crippen LogP contribution in [0.15, 0.2) is 17.8 Å². The monoisotopic (exact) mass is 305 g/mol. The Labute approximate surface area is 131 Å². The first-order chi connectivity index (χ1) is 10.1. The zero-order chi connectivity index (χ0) is 14.9. The molecule has 2 aromatic rings. The molecule has 2 aromatic heterocycles. The highest BCUT2D eigenvalue weighted by atomic mass is 32.1. The van der Waals surface area contributed by atoms with Crippen molar-refractivity contribution in [3.8, 4) is 0 Å². The second kappa shape index (κ2) is 6.09. The fraction of sp³-hybridized carbons (Fsp3) is 0.706. The molecule has 0 bridgehead atoms. The summed E-state index contributed by atoms with van der Waals surface area (Å²) in [5.41, 5.74) is 1.70. The fourth-order valence-corrected chi connectivity index (χ4v) is 4.60. The van der Waals surface area contributed by atoms with E-state index in [-0.39, 0.29) is 0 Å². The van der Waals surface area contributed by atoms with Crippen LogP contribution >= 0.6 is 11.3 Å². The molecule has 116 valence electrons. The fourth-order valence-electron chi connectivity index (χ4n) is 3.89. The molecule has 0 spiro atoms. The van der Waals surface area contributed by atoms with Gasteiger partial charge in [-0.2, -0.15) is 0 Å². The zero-order valence-corrected chi connectivity index (χ0v) is 14.2. The number of nitrogens with zero attached hydrogens (tertiary/aromatic N) is 2. The van der Waals surface area contributed by atoms with E-state index >= 15 is 0 Å². The number of nitrogens with one attached hydrogen (secondary N) is 1. The maximum Gasteiger partial charge on any atom is 0.193 e. The van der Waals surface area contributed by atoms with Crippen LogP contribution in [-0.4, -0.2) is 22.0 Å². The molecular weight excluding hydrogens is 278 g/mol. The van der Waals surface area contributed by atoms with Crippen LogP contribution in [0.5, 0.6) is 0 Å². The summed E-state index contributed by atoms with van der Waals surface area (Å²) < 4.78 is 2.15. The Morgan fingerprint density at radius 2 is 2.38 bits per heavy atom. The van der Waals surface area contributed by atoms with E-state index in [1.807, 2.05) is 0 Å². The van der Waals surface area contributed by atoms with Gasteiger partial charge >= 0.3 is 0 Å². The lowest BCUT2D eigenvalue weighted by molar-refractivity contribution is 0.195. The SMILES string of the molecule is CCCNC(Cc1cn2ccsc2n1)C1CCCC1(C)C. The Morgan fingerprint density at radius 1 is 1.52 bits per heavy atom. The molecule has 4 heteroatoms. The highest BCUT2D eigenvalue weighted by Crippen LogP contribution is 2.44. The maximum absolute atomic E-state index is 4.78. The molecule has 0 aromatic carbocycles. The number of hydrogen-bond donors (Lipinski definition) is 1. The molecule has 3 nitrogen and oxygen atoms in total. The number of imidazole rings is 1. The molecule has 0 aliphatic heterocycles. The standard InChI is InChI=1S/C17H27N3S/c1-4-8-18-15(14-6-5-7-17(14,2)3)11-13-12-20-9-10-21-16(20)19-13/h9-10,12,14-15,18H,4-8,11H2,1-3H3. The first kappa shape index (κ1) is 15.0. The van der Waals surface area contributed by atoms with Gasteiger partial charge in [0, 0.05) is 30.2 Å². The second-order valence-corrected chi connectivity index (χ2v) is 7.95. The molecule has 0 amide bonds. The molecule has 2 heterocycles. The summed E-state index contributed by atoms with van der Waals surface area (Å²) in [5, 5.41) is 5.90. The van der Waals surface area contributed by atoms with Gasteiger partial charge in [-0.1, -0.05) is 27.2 Å². The third kappa shape index (κ3) is 3.16. The number of fused-ring (bicyclic) bond motifs is 1. The highest BCUT2D eigenvalue weighted by Gasteiger charge is 2.39. The van der Waals surface area contributed by atoms with Gasteiger partial charge in [-0.25, -0.2) is 4.98 Å². The first-order valence-corrected chi connectivity index (χ1v) is 9.12.